The fourth-order valence-electron chi connectivity index (χ4n) is 1.72. The topological polar surface area (TPSA) is 70.1 Å². The second-order valence-electron chi connectivity index (χ2n) is 5.05. The highest BCUT2D eigenvalue weighted by atomic mass is 35.5. The van der Waals surface area contributed by atoms with Crippen molar-refractivity contribution in [1.29, 1.82) is 0 Å². The van der Waals surface area contributed by atoms with Gasteiger partial charge >= 0.3 is 6.18 Å². The average Bonchev–Trinajstić information content (AvgIpc) is 2.40. The van der Waals surface area contributed by atoms with Crippen molar-refractivity contribution in [1.82, 2.24) is 9.97 Å². The van der Waals surface area contributed by atoms with E-state index < -0.39 is 11.9 Å². The number of rotatable bonds is 4. The van der Waals surface area contributed by atoms with Crippen LogP contribution in [0.4, 0.5) is 30.6 Å². The van der Waals surface area contributed by atoms with Crippen LogP contribution in [0, 0.1) is 0 Å². The molecule has 9 heteroatoms. The zero-order chi connectivity index (χ0) is 17.2. The summed E-state index contributed by atoms with van der Waals surface area (Å²) >= 11 is 5.93. The molecule has 0 aliphatic carbocycles. The molecule has 0 saturated carbocycles. The van der Waals surface area contributed by atoms with E-state index in [1.807, 2.05) is 0 Å². The molecular formula is C14H14ClF3N4O. The molecule has 0 atom stereocenters. The predicted octanol–water partition coefficient (Wildman–Crippen LogP) is 4.42. The Morgan fingerprint density at radius 2 is 1.87 bits per heavy atom. The van der Waals surface area contributed by atoms with Gasteiger partial charge in [-0.2, -0.15) is 18.2 Å². The lowest BCUT2D eigenvalue weighted by Crippen LogP contribution is -2.17. The predicted molar refractivity (Wildman–Crippen MR) is 82.2 cm³/mol. The van der Waals surface area contributed by atoms with Crippen LogP contribution >= 0.6 is 11.6 Å². The quantitative estimate of drug-likeness (QED) is 0.715. The monoisotopic (exact) mass is 346 g/mol. The van der Waals surface area contributed by atoms with Crippen molar-refractivity contribution in [2.45, 2.75) is 26.1 Å². The van der Waals surface area contributed by atoms with Crippen LogP contribution in [0.2, 0.25) is 5.02 Å². The SMILES string of the molecule is CC(C)Nc1nc(Nc2ccc(O)cc2Cl)cc(C(F)(F)F)n1. The van der Waals surface area contributed by atoms with Gasteiger partial charge in [-0.05, 0) is 26.0 Å². The molecular weight excluding hydrogens is 333 g/mol. The lowest BCUT2D eigenvalue weighted by Gasteiger charge is -2.14. The Morgan fingerprint density at radius 3 is 2.43 bits per heavy atom. The number of hydrogen-bond donors (Lipinski definition) is 3. The minimum atomic E-state index is -4.61. The molecule has 1 heterocycles. The lowest BCUT2D eigenvalue weighted by molar-refractivity contribution is -0.141. The van der Waals surface area contributed by atoms with Crippen LogP contribution in [0.3, 0.4) is 0 Å². The zero-order valence-electron chi connectivity index (χ0n) is 12.2. The summed E-state index contributed by atoms with van der Waals surface area (Å²) in [6.07, 6.45) is -4.61. The van der Waals surface area contributed by atoms with E-state index in [-0.39, 0.29) is 28.6 Å². The summed E-state index contributed by atoms with van der Waals surface area (Å²) in [5, 5.41) is 14.9. The summed E-state index contributed by atoms with van der Waals surface area (Å²) in [5.74, 6) is -0.267. The van der Waals surface area contributed by atoms with E-state index >= 15 is 0 Å². The van der Waals surface area contributed by atoms with Gasteiger partial charge in [-0.15, -0.1) is 0 Å². The summed E-state index contributed by atoms with van der Waals surface area (Å²) in [6, 6.07) is 4.71. The molecule has 124 valence electrons. The van der Waals surface area contributed by atoms with Crippen molar-refractivity contribution in [3.8, 4) is 5.75 Å². The minimum Gasteiger partial charge on any atom is -0.508 e. The van der Waals surface area contributed by atoms with Gasteiger partial charge in [-0.3, -0.25) is 0 Å². The Labute approximate surface area is 135 Å². The Kier molecular flexibility index (Phi) is 4.84. The molecule has 3 N–H and O–H groups in total. The van der Waals surface area contributed by atoms with E-state index in [1.54, 1.807) is 13.8 Å². The first kappa shape index (κ1) is 17.1. The molecule has 0 unspecified atom stereocenters. The van der Waals surface area contributed by atoms with Crippen LogP contribution in [0.15, 0.2) is 24.3 Å². The average molecular weight is 347 g/mol. The van der Waals surface area contributed by atoms with Gasteiger partial charge < -0.3 is 15.7 Å². The van der Waals surface area contributed by atoms with Gasteiger partial charge in [0.25, 0.3) is 0 Å². The summed E-state index contributed by atoms with van der Waals surface area (Å²) < 4.78 is 38.9. The number of hydrogen-bond acceptors (Lipinski definition) is 5. The first-order valence-electron chi connectivity index (χ1n) is 6.63. The first-order valence-corrected chi connectivity index (χ1v) is 7.01. The number of alkyl halides is 3. The van der Waals surface area contributed by atoms with Gasteiger partial charge in [0.15, 0.2) is 5.69 Å². The van der Waals surface area contributed by atoms with Crippen LogP contribution < -0.4 is 10.6 Å². The maximum Gasteiger partial charge on any atom is 0.433 e. The fourth-order valence-corrected chi connectivity index (χ4v) is 1.94. The van der Waals surface area contributed by atoms with E-state index in [9.17, 15) is 18.3 Å². The van der Waals surface area contributed by atoms with Gasteiger partial charge in [-0.25, -0.2) is 4.98 Å². The normalized spacial score (nSPS) is 11.6. The smallest absolute Gasteiger partial charge is 0.433 e. The van der Waals surface area contributed by atoms with Crippen molar-refractivity contribution in [2.24, 2.45) is 0 Å². The third-order valence-corrected chi connectivity index (χ3v) is 2.96. The molecule has 0 aliphatic rings. The highest BCUT2D eigenvalue weighted by Crippen LogP contribution is 2.32. The summed E-state index contributed by atoms with van der Waals surface area (Å²) in [5.41, 5.74) is -0.764. The Morgan fingerprint density at radius 1 is 1.17 bits per heavy atom. The van der Waals surface area contributed by atoms with Crippen LogP contribution in [-0.2, 0) is 6.18 Å². The van der Waals surface area contributed by atoms with Gasteiger partial charge in [0.1, 0.15) is 11.6 Å². The molecule has 2 rings (SSSR count). The van der Waals surface area contributed by atoms with Crippen molar-refractivity contribution in [2.75, 3.05) is 10.6 Å². The van der Waals surface area contributed by atoms with Crippen molar-refractivity contribution in [3.05, 3.63) is 35.0 Å². The van der Waals surface area contributed by atoms with Gasteiger partial charge in [0, 0.05) is 18.2 Å². The molecule has 0 amide bonds. The summed E-state index contributed by atoms with van der Waals surface area (Å²) in [6.45, 7) is 3.52. The molecule has 0 aliphatic heterocycles. The van der Waals surface area contributed by atoms with Crippen LogP contribution in [0.5, 0.6) is 5.75 Å². The van der Waals surface area contributed by atoms with E-state index in [0.29, 0.717) is 5.69 Å². The Bertz CT molecular complexity index is 707. The molecule has 0 saturated heterocycles. The number of phenolic OH excluding ortho intramolecular Hbond substituents is 1. The number of nitrogens with one attached hydrogen (secondary N) is 2. The molecule has 0 fully saturated rings. The number of aromatic nitrogens is 2. The maximum atomic E-state index is 13.0. The van der Waals surface area contributed by atoms with Crippen molar-refractivity contribution >= 4 is 29.1 Å². The maximum absolute atomic E-state index is 13.0. The second-order valence-corrected chi connectivity index (χ2v) is 5.46. The zero-order valence-corrected chi connectivity index (χ0v) is 13.0. The number of aromatic hydroxyl groups is 1. The van der Waals surface area contributed by atoms with E-state index in [4.69, 9.17) is 11.6 Å². The van der Waals surface area contributed by atoms with E-state index in [2.05, 4.69) is 20.6 Å². The largest absolute Gasteiger partial charge is 0.508 e. The molecule has 5 nitrogen and oxygen atoms in total. The number of anilines is 3. The standard InChI is InChI=1S/C14H14ClF3N4O/c1-7(2)19-13-21-11(14(16,17)18)6-12(22-13)20-10-4-3-8(23)5-9(10)15/h3-7,23H,1-2H3,(H2,19,20,21,22). The van der Waals surface area contributed by atoms with E-state index in [1.165, 1.54) is 18.2 Å². The molecule has 0 radical (unpaired) electrons. The number of benzene rings is 1. The lowest BCUT2D eigenvalue weighted by atomic mass is 10.3. The highest BCUT2D eigenvalue weighted by molar-refractivity contribution is 6.33. The summed E-state index contributed by atoms with van der Waals surface area (Å²) in [7, 11) is 0. The molecule has 2 aromatic rings. The van der Waals surface area contributed by atoms with Crippen LogP contribution in [0.25, 0.3) is 0 Å². The first-order chi connectivity index (χ1) is 10.6. The fraction of sp³-hybridized carbons (Fsp3) is 0.286. The molecule has 0 spiro atoms. The second kappa shape index (κ2) is 6.49. The highest BCUT2D eigenvalue weighted by Gasteiger charge is 2.33. The summed E-state index contributed by atoms with van der Waals surface area (Å²) in [4.78, 5) is 7.45. The third kappa shape index (κ3) is 4.62. The molecule has 0 bridgehead atoms. The van der Waals surface area contributed by atoms with Gasteiger partial charge in [0.05, 0.1) is 10.7 Å². The van der Waals surface area contributed by atoms with E-state index in [0.717, 1.165) is 6.07 Å². The van der Waals surface area contributed by atoms with Crippen LogP contribution in [-0.4, -0.2) is 21.1 Å². The molecule has 1 aromatic heterocycles. The number of halogens is 4. The van der Waals surface area contributed by atoms with Gasteiger partial charge in [-0.1, -0.05) is 11.6 Å². The Balaban J connectivity index is 2.40. The number of nitrogens with zero attached hydrogens (tertiary/aromatic N) is 2. The van der Waals surface area contributed by atoms with Crippen molar-refractivity contribution in [3.63, 3.8) is 0 Å². The number of phenols is 1. The van der Waals surface area contributed by atoms with Crippen molar-refractivity contribution < 1.29 is 18.3 Å². The van der Waals surface area contributed by atoms with Crippen LogP contribution in [0.1, 0.15) is 19.5 Å². The minimum absolute atomic E-state index is 0.0543. The molecule has 23 heavy (non-hydrogen) atoms. The Hall–Kier alpha value is -2.22. The molecule has 1 aromatic carbocycles. The third-order valence-electron chi connectivity index (χ3n) is 2.65. The van der Waals surface area contributed by atoms with Gasteiger partial charge in [0.2, 0.25) is 5.95 Å².